The van der Waals surface area contributed by atoms with Gasteiger partial charge in [0.15, 0.2) is 0 Å². The van der Waals surface area contributed by atoms with Crippen LogP contribution in [0.5, 0.6) is 0 Å². The fraction of sp³-hybridized carbons (Fsp3) is 0.923. The zero-order valence-corrected chi connectivity index (χ0v) is 11.6. The minimum absolute atomic E-state index is 0.0206. The van der Waals surface area contributed by atoms with Gasteiger partial charge in [-0.1, -0.05) is 41.5 Å². The Morgan fingerprint density at radius 2 is 1.69 bits per heavy atom. The van der Waals surface area contributed by atoms with Gasteiger partial charge in [-0.2, -0.15) is 0 Å². The molecule has 0 saturated carbocycles. The Bertz CT molecular complexity index is 223. The van der Waals surface area contributed by atoms with Crippen LogP contribution in [0.2, 0.25) is 0 Å². The Balaban J connectivity index is 3.79. The molecule has 1 atom stereocenters. The molecule has 0 saturated heterocycles. The molecule has 1 unspecified atom stereocenters. The van der Waals surface area contributed by atoms with Crippen LogP contribution in [0.25, 0.3) is 0 Å². The van der Waals surface area contributed by atoms with Crippen LogP contribution in [0.3, 0.4) is 0 Å². The number of rotatable bonds is 4. The molecule has 0 aromatic heterocycles. The molecule has 0 aromatic rings. The van der Waals surface area contributed by atoms with Crippen molar-refractivity contribution in [2.24, 2.45) is 10.8 Å². The molecule has 0 aliphatic heterocycles. The van der Waals surface area contributed by atoms with Crippen molar-refractivity contribution in [1.29, 1.82) is 0 Å². The highest BCUT2D eigenvalue weighted by Crippen LogP contribution is 2.21. The predicted octanol–water partition coefficient (Wildman–Crippen LogP) is 2.34. The summed E-state index contributed by atoms with van der Waals surface area (Å²) in [5.41, 5.74) is -0.0958. The van der Waals surface area contributed by atoms with Crippen molar-refractivity contribution in [3.05, 3.63) is 0 Å². The van der Waals surface area contributed by atoms with Gasteiger partial charge in [-0.05, 0) is 17.3 Å². The van der Waals surface area contributed by atoms with Crippen molar-refractivity contribution >= 4 is 5.91 Å². The number of carbonyl (C=O) groups excluding carboxylic acids is 1. The highest BCUT2D eigenvalue weighted by molar-refractivity contribution is 5.76. The van der Waals surface area contributed by atoms with Crippen molar-refractivity contribution in [2.45, 2.75) is 60.5 Å². The molecule has 0 heterocycles. The Morgan fingerprint density at radius 3 is 2.06 bits per heavy atom. The highest BCUT2D eigenvalue weighted by Gasteiger charge is 2.22. The fourth-order valence-corrected chi connectivity index (χ4v) is 1.33. The van der Waals surface area contributed by atoms with E-state index >= 15 is 0 Å². The van der Waals surface area contributed by atoms with E-state index in [1.54, 1.807) is 0 Å². The third-order valence-corrected chi connectivity index (χ3v) is 2.43. The minimum atomic E-state index is -0.373. The molecule has 0 aromatic carbocycles. The summed E-state index contributed by atoms with van der Waals surface area (Å²) in [6.07, 6.45) is 0.764. The second kappa shape index (κ2) is 5.67. The van der Waals surface area contributed by atoms with Crippen molar-refractivity contribution < 1.29 is 9.90 Å². The number of hydrogen-bond donors (Lipinski definition) is 2. The van der Waals surface area contributed by atoms with Gasteiger partial charge in [-0.15, -0.1) is 0 Å². The van der Waals surface area contributed by atoms with Crippen LogP contribution >= 0.6 is 0 Å². The summed E-state index contributed by atoms with van der Waals surface area (Å²) in [6, 6.07) is 0. The summed E-state index contributed by atoms with van der Waals surface area (Å²) in [4.78, 5) is 11.5. The molecule has 0 radical (unpaired) electrons. The Hall–Kier alpha value is -0.570. The zero-order chi connectivity index (χ0) is 13.0. The molecule has 0 aliphatic rings. The van der Waals surface area contributed by atoms with Gasteiger partial charge in [-0.25, -0.2) is 0 Å². The second-order valence-electron chi connectivity index (χ2n) is 6.76. The topological polar surface area (TPSA) is 49.3 Å². The molecule has 2 N–H and O–H groups in total. The Kier molecular flexibility index (Phi) is 5.47. The number of amides is 1. The maximum atomic E-state index is 11.5. The first-order valence-corrected chi connectivity index (χ1v) is 5.97. The summed E-state index contributed by atoms with van der Waals surface area (Å²) in [5.74, 6) is 0.0635. The van der Waals surface area contributed by atoms with Crippen LogP contribution in [-0.4, -0.2) is 23.7 Å². The van der Waals surface area contributed by atoms with E-state index in [2.05, 4.69) is 5.32 Å². The van der Waals surface area contributed by atoms with E-state index in [9.17, 15) is 9.90 Å². The smallest absolute Gasteiger partial charge is 0.220 e. The molecular weight excluding hydrogens is 202 g/mol. The molecule has 1 amide bonds. The molecule has 3 nitrogen and oxygen atoms in total. The first-order valence-electron chi connectivity index (χ1n) is 5.97. The third kappa shape index (κ3) is 7.69. The van der Waals surface area contributed by atoms with Gasteiger partial charge >= 0.3 is 0 Å². The summed E-state index contributed by atoms with van der Waals surface area (Å²) in [6.45, 7) is 12.6. The molecule has 0 aliphatic carbocycles. The summed E-state index contributed by atoms with van der Waals surface area (Å²) in [7, 11) is 0. The molecule has 0 fully saturated rings. The lowest BCUT2D eigenvalue weighted by atomic mass is 9.87. The van der Waals surface area contributed by atoms with Crippen LogP contribution in [0, 0.1) is 10.8 Å². The normalized spacial score (nSPS) is 14.7. The van der Waals surface area contributed by atoms with E-state index in [0.29, 0.717) is 19.4 Å². The predicted molar refractivity (Wildman–Crippen MR) is 67.2 cm³/mol. The van der Waals surface area contributed by atoms with Crippen molar-refractivity contribution in [2.75, 3.05) is 6.54 Å². The summed E-state index contributed by atoms with van der Waals surface area (Å²) in [5, 5.41) is 12.6. The molecule has 0 rings (SSSR count). The molecule has 3 heteroatoms. The van der Waals surface area contributed by atoms with Crippen LogP contribution < -0.4 is 5.32 Å². The van der Waals surface area contributed by atoms with E-state index in [0.717, 1.165) is 0 Å². The standard InChI is InChI=1S/C13H27NO2/c1-12(2,3)9-11(16)14-8-7-10(15)13(4,5)6/h10,15H,7-9H2,1-6H3,(H,14,16). The van der Waals surface area contributed by atoms with Gasteiger partial charge in [0, 0.05) is 13.0 Å². The van der Waals surface area contributed by atoms with Crippen LogP contribution in [-0.2, 0) is 4.79 Å². The van der Waals surface area contributed by atoms with E-state index in [4.69, 9.17) is 0 Å². The maximum absolute atomic E-state index is 11.5. The van der Waals surface area contributed by atoms with Gasteiger partial charge in [0.05, 0.1) is 6.10 Å². The molecule has 0 spiro atoms. The number of aliphatic hydroxyl groups is 1. The van der Waals surface area contributed by atoms with Crippen LogP contribution in [0.15, 0.2) is 0 Å². The first kappa shape index (κ1) is 15.4. The monoisotopic (exact) mass is 229 g/mol. The molecule has 96 valence electrons. The van der Waals surface area contributed by atoms with Crippen LogP contribution in [0.4, 0.5) is 0 Å². The lowest BCUT2D eigenvalue weighted by Gasteiger charge is -2.26. The van der Waals surface area contributed by atoms with Gasteiger partial charge in [-0.3, -0.25) is 4.79 Å². The molecule has 16 heavy (non-hydrogen) atoms. The zero-order valence-electron chi connectivity index (χ0n) is 11.6. The molecule has 0 bridgehead atoms. The van der Waals surface area contributed by atoms with Gasteiger partial charge in [0.2, 0.25) is 5.91 Å². The van der Waals surface area contributed by atoms with E-state index < -0.39 is 0 Å². The first-order chi connectivity index (χ1) is 7.02. The lowest BCUT2D eigenvalue weighted by Crippen LogP contribution is -2.33. The Labute approximate surface area is 99.6 Å². The maximum Gasteiger partial charge on any atom is 0.220 e. The largest absolute Gasteiger partial charge is 0.393 e. The van der Waals surface area contributed by atoms with Crippen molar-refractivity contribution in [3.63, 3.8) is 0 Å². The number of carbonyl (C=O) groups is 1. The van der Waals surface area contributed by atoms with Gasteiger partial charge in [0.25, 0.3) is 0 Å². The Morgan fingerprint density at radius 1 is 1.19 bits per heavy atom. The average Bonchev–Trinajstić information content (AvgIpc) is 1.98. The summed E-state index contributed by atoms with van der Waals surface area (Å²) < 4.78 is 0. The van der Waals surface area contributed by atoms with E-state index in [1.165, 1.54) is 0 Å². The summed E-state index contributed by atoms with van der Waals surface area (Å²) >= 11 is 0. The third-order valence-electron chi connectivity index (χ3n) is 2.43. The van der Waals surface area contributed by atoms with Gasteiger partial charge in [0.1, 0.15) is 0 Å². The van der Waals surface area contributed by atoms with E-state index in [1.807, 2.05) is 41.5 Å². The SMILES string of the molecule is CC(C)(C)CC(=O)NCCC(O)C(C)(C)C. The van der Waals surface area contributed by atoms with Crippen molar-refractivity contribution in [1.82, 2.24) is 5.32 Å². The minimum Gasteiger partial charge on any atom is -0.393 e. The highest BCUT2D eigenvalue weighted by atomic mass is 16.3. The number of nitrogens with one attached hydrogen (secondary N) is 1. The van der Waals surface area contributed by atoms with Crippen molar-refractivity contribution in [3.8, 4) is 0 Å². The lowest BCUT2D eigenvalue weighted by molar-refractivity contribution is -0.122. The average molecular weight is 229 g/mol. The molecular formula is C13H27NO2. The number of hydrogen-bond acceptors (Lipinski definition) is 2. The second-order valence-corrected chi connectivity index (χ2v) is 6.76. The van der Waals surface area contributed by atoms with Crippen LogP contribution in [0.1, 0.15) is 54.4 Å². The number of aliphatic hydroxyl groups excluding tert-OH is 1. The van der Waals surface area contributed by atoms with E-state index in [-0.39, 0.29) is 22.8 Å². The van der Waals surface area contributed by atoms with Gasteiger partial charge < -0.3 is 10.4 Å². The quantitative estimate of drug-likeness (QED) is 0.777. The fourth-order valence-electron chi connectivity index (χ4n) is 1.33.